The third-order valence-corrected chi connectivity index (χ3v) is 2.50. The van der Waals surface area contributed by atoms with Crippen LogP contribution in [0.2, 0.25) is 0 Å². The molecule has 1 rings (SSSR count). The van der Waals surface area contributed by atoms with Crippen LogP contribution in [0.15, 0.2) is 18.2 Å². The van der Waals surface area contributed by atoms with Gasteiger partial charge in [-0.3, -0.25) is 4.79 Å². The summed E-state index contributed by atoms with van der Waals surface area (Å²) in [4.78, 5) is 12.9. The van der Waals surface area contributed by atoms with Crippen LogP contribution in [0.1, 0.15) is 13.8 Å². The molecule has 0 aliphatic heterocycles. The summed E-state index contributed by atoms with van der Waals surface area (Å²) in [5.74, 6) is 0.310. The van der Waals surface area contributed by atoms with Crippen LogP contribution < -0.4 is 21.1 Å². The van der Waals surface area contributed by atoms with Crippen molar-refractivity contribution in [3.63, 3.8) is 0 Å². The maximum absolute atomic E-state index is 11.1. The van der Waals surface area contributed by atoms with Gasteiger partial charge in [0.05, 0.1) is 25.0 Å². The minimum Gasteiger partial charge on any atom is -0.497 e. The van der Waals surface area contributed by atoms with Crippen LogP contribution in [0.25, 0.3) is 0 Å². The van der Waals surface area contributed by atoms with Crippen LogP contribution in [-0.2, 0) is 4.79 Å². The molecule has 94 valence electrons. The van der Waals surface area contributed by atoms with Crippen molar-refractivity contribution in [1.82, 2.24) is 0 Å². The van der Waals surface area contributed by atoms with E-state index in [1.165, 1.54) is 0 Å². The molecule has 0 atom stereocenters. The molecule has 0 saturated carbocycles. The molecule has 0 bridgehead atoms. The lowest BCUT2D eigenvalue weighted by atomic mass is 10.2. The molecule has 0 spiro atoms. The zero-order valence-corrected chi connectivity index (χ0v) is 10.4. The number of primary amides is 1. The van der Waals surface area contributed by atoms with Crippen LogP contribution >= 0.6 is 0 Å². The first-order valence-electron chi connectivity index (χ1n) is 5.44. The number of benzene rings is 1. The van der Waals surface area contributed by atoms with Gasteiger partial charge in [-0.15, -0.1) is 0 Å². The Labute approximate surface area is 101 Å². The lowest BCUT2D eigenvalue weighted by Crippen LogP contribution is -2.39. The number of ether oxygens (including phenoxy) is 1. The maximum atomic E-state index is 11.1. The van der Waals surface area contributed by atoms with Gasteiger partial charge in [0, 0.05) is 12.1 Å². The molecule has 0 saturated heterocycles. The lowest BCUT2D eigenvalue weighted by molar-refractivity contribution is -0.116. The minimum atomic E-state index is -0.388. The van der Waals surface area contributed by atoms with Crippen molar-refractivity contribution < 1.29 is 9.53 Å². The van der Waals surface area contributed by atoms with Crippen molar-refractivity contribution in [3.8, 4) is 5.75 Å². The Hall–Kier alpha value is -1.91. The number of nitrogens with zero attached hydrogens (tertiary/aromatic N) is 1. The number of carbonyl (C=O) groups is 1. The molecule has 0 aromatic heterocycles. The summed E-state index contributed by atoms with van der Waals surface area (Å²) in [7, 11) is 1.59. The molecule has 5 heteroatoms. The topological polar surface area (TPSA) is 81.6 Å². The summed E-state index contributed by atoms with van der Waals surface area (Å²) in [6, 6.07) is 5.46. The first-order valence-corrected chi connectivity index (χ1v) is 5.44. The first kappa shape index (κ1) is 13.2. The van der Waals surface area contributed by atoms with E-state index in [0.717, 1.165) is 5.69 Å². The number of anilines is 2. The number of nitrogen functional groups attached to an aromatic ring is 1. The molecule has 17 heavy (non-hydrogen) atoms. The monoisotopic (exact) mass is 237 g/mol. The summed E-state index contributed by atoms with van der Waals surface area (Å²) in [6.45, 7) is 4.08. The van der Waals surface area contributed by atoms with E-state index in [9.17, 15) is 4.79 Å². The molecule has 0 aliphatic carbocycles. The minimum absolute atomic E-state index is 0.122. The van der Waals surface area contributed by atoms with E-state index >= 15 is 0 Å². The predicted molar refractivity (Wildman–Crippen MR) is 69.1 cm³/mol. The maximum Gasteiger partial charge on any atom is 0.236 e. The molecule has 1 amide bonds. The van der Waals surface area contributed by atoms with Crippen molar-refractivity contribution in [2.75, 3.05) is 24.3 Å². The van der Waals surface area contributed by atoms with E-state index in [2.05, 4.69) is 0 Å². The van der Waals surface area contributed by atoms with Crippen molar-refractivity contribution >= 4 is 17.3 Å². The third kappa shape index (κ3) is 3.27. The average molecular weight is 237 g/mol. The van der Waals surface area contributed by atoms with Gasteiger partial charge in [0.25, 0.3) is 0 Å². The number of carbonyl (C=O) groups excluding carboxylic acids is 1. The highest BCUT2D eigenvalue weighted by Crippen LogP contribution is 2.29. The quantitative estimate of drug-likeness (QED) is 0.748. The van der Waals surface area contributed by atoms with Crippen LogP contribution in [0.5, 0.6) is 5.75 Å². The van der Waals surface area contributed by atoms with Gasteiger partial charge in [-0.05, 0) is 26.0 Å². The average Bonchev–Trinajstić information content (AvgIpc) is 2.26. The van der Waals surface area contributed by atoms with Crippen LogP contribution in [0.4, 0.5) is 11.4 Å². The van der Waals surface area contributed by atoms with Gasteiger partial charge in [-0.1, -0.05) is 0 Å². The highest BCUT2D eigenvalue weighted by atomic mass is 16.5. The van der Waals surface area contributed by atoms with Crippen LogP contribution in [0.3, 0.4) is 0 Å². The van der Waals surface area contributed by atoms with Crippen molar-refractivity contribution in [2.24, 2.45) is 5.73 Å². The Morgan fingerprint density at radius 2 is 2.12 bits per heavy atom. The van der Waals surface area contributed by atoms with Gasteiger partial charge >= 0.3 is 0 Å². The second-order valence-corrected chi connectivity index (χ2v) is 4.11. The van der Waals surface area contributed by atoms with Gasteiger partial charge in [-0.25, -0.2) is 0 Å². The largest absolute Gasteiger partial charge is 0.497 e. The van der Waals surface area contributed by atoms with Crippen LogP contribution in [0, 0.1) is 0 Å². The molecule has 1 aromatic rings. The molecule has 4 N–H and O–H groups in total. The molecule has 0 fully saturated rings. The summed E-state index contributed by atoms with van der Waals surface area (Å²) in [6.07, 6.45) is 0. The lowest BCUT2D eigenvalue weighted by Gasteiger charge is -2.29. The van der Waals surface area contributed by atoms with E-state index in [1.807, 2.05) is 18.7 Å². The Bertz CT molecular complexity index is 405. The molecule has 0 unspecified atom stereocenters. The number of rotatable bonds is 5. The summed E-state index contributed by atoms with van der Waals surface area (Å²) in [5.41, 5.74) is 12.5. The predicted octanol–water partition coefficient (Wildman–Crippen LogP) is 0.977. The molecule has 5 nitrogen and oxygen atoms in total. The van der Waals surface area contributed by atoms with Crippen molar-refractivity contribution in [3.05, 3.63) is 18.2 Å². The highest BCUT2D eigenvalue weighted by Gasteiger charge is 2.16. The highest BCUT2D eigenvalue weighted by molar-refractivity contribution is 5.82. The number of hydrogen-bond donors (Lipinski definition) is 2. The fourth-order valence-corrected chi connectivity index (χ4v) is 1.61. The van der Waals surface area contributed by atoms with E-state index in [0.29, 0.717) is 11.4 Å². The van der Waals surface area contributed by atoms with Gasteiger partial charge in [0.2, 0.25) is 5.91 Å². The van der Waals surface area contributed by atoms with Gasteiger partial charge < -0.3 is 21.1 Å². The summed E-state index contributed by atoms with van der Waals surface area (Å²) < 4.78 is 5.15. The Balaban J connectivity index is 3.12. The number of nitrogens with two attached hydrogens (primary N) is 2. The van der Waals surface area contributed by atoms with Crippen molar-refractivity contribution in [1.29, 1.82) is 0 Å². The van der Waals surface area contributed by atoms with E-state index < -0.39 is 0 Å². The van der Waals surface area contributed by atoms with Gasteiger partial charge in [0.1, 0.15) is 5.75 Å². The molecule has 0 heterocycles. The normalized spacial score (nSPS) is 10.4. The fraction of sp³-hybridized carbons (Fsp3) is 0.417. The number of methoxy groups -OCH3 is 1. The number of amides is 1. The molecular formula is C12H19N3O2. The molecule has 1 aromatic carbocycles. The SMILES string of the molecule is COc1ccc(N)c(N(CC(N)=O)C(C)C)c1. The van der Waals surface area contributed by atoms with E-state index in [-0.39, 0.29) is 18.5 Å². The molecule has 0 radical (unpaired) electrons. The van der Waals surface area contributed by atoms with Gasteiger partial charge in [-0.2, -0.15) is 0 Å². The second-order valence-electron chi connectivity index (χ2n) is 4.11. The number of hydrogen-bond acceptors (Lipinski definition) is 4. The second kappa shape index (κ2) is 5.43. The Kier molecular flexibility index (Phi) is 4.20. The Morgan fingerprint density at radius 1 is 1.47 bits per heavy atom. The van der Waals surface area contributed by atoms with Crippen LogP contribution in [-0.4, -0.2) is 25.6 Å². The van der Waals surface area contributed by atoms with Crippen molar-refractivity contribution in [2.45, 2.75) is 19.9 Å². The zero-order valence-electron chi connectivity index (χ0n) is 10.4. The van der Waals surface area contributed by atoms with E-state index in [4.69, 9.17) is 16.2 Å². The fourth-order valence-electron chi connectivity index (χ4n) is 1.61. The summed E-state index contributed by atoms with van der Waals surface area (Å²) >= 11 is 0. The summed E-state index contributed by atoms with van der Waals surface area (Å²) in [5, 5.41) is 0. The van der Waals surface area contributed by atoms with Gasteiger partial charge in [0.15, 0.2) is 0 Å². The first-order chi connectivity index (χ1) is 7.95. The smallest absolute Gasteiger partial charge is 0.236 e. The molecular weight excluding hydrogens is 218 g/mol. The Morgan fingerprint density at radius 3 is 2.59 bits per heavy atom. The zero-order chi connectivity index (χ0) is 13.0. The van der Waals surface area contributed by atoms with E-state index in [1.54, 1.807) is 25.3 Å². The molecule has 0 aliphatic rings. The third-order valence-electron chi connectivity index (χ3n) is 2.50. The standard InChI is InChI=1S/C12H19N3O2/c1-8(2)15(7-12(14)16)11-6-9(17-3)4-5-10(11)13/h4-6,8H,7,13H2,1-3H3,(H2,14,16).